The van der Waals surface area contributed by atoms with Crippen molar-refractivity contribution in [3.8, 4) is 17.6 Å². The first kappa shape index (κ1) is 9.92. The minimum Gasteiger partial charge on any atom is -0.457 e. The fourth-order valence-corrected chi connectivity index (χ4v) is 2.21. The molecule has 1 aliphatic heterocycles. The highest BCUT2D eigenvalue weighted by atomic mass is 16.5. The summed E-state index contributed by atoms with van der Waals surface area (Å²) in [6.07, 6.45) is 1.78. The molecule has 0 amide bonds. The van der Waals surface area contributed by atoms with E-state index in [0.717, 1.165) is 35.5 Å². The van der Waals surface area contributed by atoms with E-state index in [4.69, 9.17) is 10.00 Å². The molecule has 17 heavy (non-hydrogen) atoms. The van der Waals surface area contributed by atoms with Gasteiger partial charge in [-0.15, -0.1) is 0 Å². The van der Waals surface area contributed by atoms with Crippen LogP contribution in [-0.2, 0) is 12.8 Å². The van der Waals surface area contributed by atoms with Crippen LogP contribution in [0, 0.1) is 11.3 Å². The molecule has 0 aromatic heterocycles. The summed E-state index contributed by atoms with van der Waals surface area (Å²) < 4.78 is 5.89. The van der Waals surface area contributed by atoms with Crippen LogP contribution in [0.5, 0.6) is 11.5 Å². The van der Waals surface area contributed by atoms with Gasteiger partial charge < -0.3 is 4.74 Å². The average molecular weight is 221 g/mol. The summed E-state index contributed by atoms with van der Waals surface area (Å²) in [5, 5.41) is 9.10. The van der Waals surface area contributed by atoms with Gasteiger partial charge in [-0.05, 0) is 36.6 Å². The molecule has 0 spiro atoms. The molecule has 0 unspecified atom stereocenters. The van der Waals surface area contributed by atoms with Crippen molar-refractivity contribution in [3.05, 3.63) is 59.2 Å². The van der Waals surface area contributed by atoms with Crippen molar-refractivity contribution in [2.75, 3.05) is 0 Å². The summed E-state index contributed by atoms with van der Waals surface area (Å²) in [6.45, 7) is 0. The van der Waals surface area contributed by atoms with E-state index in [0.29, 0.717) is 0 Å². The van der Waals surface area contributed by atoms with Crippen molar-refractivity contribution in [1.29, 1.82) is 5.26 Å². The molecule has 2 aromatic rings. The lowest BCUT2D eigenvalue weighted by Crippen LogP contribution is -1.93. The monoisotopic (exact) mass is 221 g/mol. The molecule has 0 bridgehead atoms. The minimum absolute atomic E-state index is 0.718. The van der Waals surface area contributed by atoms with Crippen LogP contribution in [0.1, 0.15) is 16.7 Å². The first-order valence-corrected chi connectivity index (χ1v) is 5.66. The van der Waals surface area contributed by atoms with Crippen molar-refractivity contribution in [2.45, 2.75) is 12.8 Å². The standard InChI is InChI=1S/C15H11NO/c16-10-12-5-3-7-15-13(12)9-8-11-4-1-2-6-14(11)17-15/h1-7H,8-9H2. The zero-order chi connectivity index (χ0) is 11.7. The second-order valence-corrected chi connectivity index (χ2v) is 4.10. The molecule has 2 heteroatoms. The van der Waals surface area contributed by atoms with E-state index in [1.807, 2.05) is 36.4 Å². The van der Waals surface area contributed by atoms with Gasteiger partial charge in [-0.25, -0.2) is 0 Å². The Bertz CT molecular complexity index is 611. The largest absolute Gasteiger partial charge is 0.457 e. The molecular formula is C15H11NO. The van der Waals surface area contributed by atoms with Gasteiger partial charge in [0.15, 0.2) is 0 Å². The second kappa shape index (κ2) is 3.95. The number of aryl methyl sites for hydroxylation is 1. The Morgan fingerprint density at radius 1 is 0.941 bits per heavy atom. The van der Waals surface area contributed by atoms with Gasteiger partial charge in [0.1, 0.15) is 11.5 Å². The molecule has 0 N–H and O–H groups in total. The van der Waals surface area contributed by atoms with E-state index in [1.165, 1.54) is 5.56 Å². The van der Waals surface area contributed by atoms with Gasteiger partial charge in [-0.3, -0.25) is 0 Å². The van der Waals surface area contributed by atoms with E-state index in [9.17, 15) is 0 Å². The zero-order valence-electron chi connectivity index (χ0n) is 9.31. The lowest BCUT2D eigenvalue weighted by molar-refractivity contribution is 0.479. The van der Waals surface area contributed by atoms with E-state index in [1.54, 1.807) is 0 Å². The zero-order valence-corrected chi connectivity index (χ0v) is 9.31. The smallest absolute Gasteiger partial charge is 0.131 e. The molecule has 1 heterocycles. The fourth-order valence-electron chi connectivity index (χ4n) is 2.21. The number of para-hydroxylation sites is 1. The molecule has 2 aromatic carbocycles. The molecule has 0 aliphatic carbocycles. The van der Waals surface area contributed by atoms with Crippen molar-refractivity contribution >= 4 is 0 Å². The van der Waals surface area contributed by atoms with Gasteiger partial charge in [-0.2, -0.15) is 5.26 Å². The highest BCUT2D eigenvalue weighted by Crippen LogP contribution is 2.34. The van der Waals surface area contributed by atoms with Crippen LogP contribution in [0.25, 0.3) is 0 Å². The van der Waals surface area contributed by atoms with Gasteiger partial charge in [0.05, 0.1) is 11.6 Å². The number of rotatable bonds is 0. The van der Waals surface area contributed by atoms with Crippen LogP contribution in [-0.4, -0.2) is 0 Å². The van der Waals surface area contributed by atoms with Gasteiger partial charge >= 0.3 is 0 Å². The maximum Gasteiger partial charge on any atom is 0.131 e. The minimum atomic E-state index is 0.718. The van der Waals surface area contributed by atoms with Crippen LogP contribution >= 0.6 is 0 Å². The third-order valence-corrected chi connectivity index (χ3v) is 3.09. The quantitative estimate of drug-likeness (QED) is 0.682. The van der Waals surface area contributed by atoms with Crippen molar-refractivity contribution < 1.29 is 4.74 Å². The first-order chi connectivity index (χ1) is 8.38. The van der Waals surface area contributed by atoms with Gasteiger partial charge in [-0.1, -0.05) is 24.3 Å². The Hall–Kier alpha value is -2.27. The summed E-state index contributed by atoms with van der Waals surface area (Å²) in [7, 11) is 0. The molecule has 1 aliphatic rings. The SMILES string of the molecule is N#Cc1cccc2c1CCc1ccccc1O2. The second-order valence-electron chi connectivity index (χ2n) is 4.10. The average Bonchev–Trinajstić information content (AvgIpc) is 2.57. The predicted octanol–water partition coefficient (Wildman–Crippen LogP) is 3.45. The van der Waals surface area contributed by atoms with Crippen molar-refractivity contribution in [1.82, 2.24) is 0 Å². The van der Waals surface area contributed by atoms with Crippen LogP contribution in [0.3, 0.4) is 0 Å². The molecule has 0 fully saturated rings. The van der Waals surface area contributed by atoms with Crippen LogP contribution < -0.4 is 4.74 Å². The molecule has 0 saturated heterocycles. The van der Waals surface area contributed by atoms with Gasteiger partial charge in [0.25, 0.3) is 0 Å². The highest BCUT2D eigenvalue weighted by molar-refractivity contribution is 5.51. The van der Waals surface area contributed by atoms with Crippen molar-refractivity contribution in [3.63, 3.8) is 0 Å². The van der Waals surface area contributed by atoms with E-state index >= 15 is 0 Å². The first-order valence-electron chi connectivity index (χ1n) is 5.66. The summed E-state index contributed by atoms with van der Waals surface area (Å²) >= 11 is 0. The van der Waals surface area contributed by atoms with E-state index < -0.39 is 0 Å². The summed E-state index contributed by atoms with van der Waals surface area (Å²) in [5.41, 5.74) is 2.94. The number of ether oxygens (including phenoxy) is 1. The summed E-state index contributed by atoms with van der Waals surface area (Å²) in [6, 6.07) is 15.9. The molecule has 3 rings (SSSR count). The number of hydrogen-bond donors (Lipinski definition) is 0. The van der Waals surface area contributed by atoms with Gasteiger partial charge in [0.2, 0.25) is 0 Å². The Morgan fingerprint density at radius 2 is 1.76 bits per heavy atom. The van der Waals surface area contributed by atoms with Crippen LogP contribution in [0.15, 0.2) is 42.5 Å². The van der Waals surface area contributed by atoms with E-state index in [-0.39, 0.29) is 0 Å². The molecule has 82 valence electrons. The predicted molar refractivity (Wildman–Crippen MR) is 65.1 cm³/mol. The maximum atomic E-state index is 9.10. The number of hydrogen-bond acceptors (Lipinski definition) is 2. The molecule has 0 atom stereocenters. The number of fused-ring (bicyclic) bond motifs is 2. The fraction of sp³-hybridized carbons (Fsp3) is 0.133. The normalized spacial score (nSPS) is 12.6. The Labute approximate surface area is 100 Å². The summed E-state index contributed by atoms with van der Waals surface area (Å²) in [5.74, 6) is 1.72. The third kappa shape index (κ3) is 1.66. The van der Waals surface area contributed by atoms with E-state index in [2.05, 4.69) is 12.1 Å². The maximum absolute atomic E-state index is 9.10. The molecular weight excluding hydrogens is 210 g/mol. The molecule has 0 radical (unpaired) electrons. The summed E-state index contributed by atoms with van der Waals surface area (Å²) in [4.78, 5) is 0. The Morgan fingerprint density at radius 3 is 2.65 bits per heavy atom. The Balaban J connectivity index is 2.13. The molecule has 0 saturated carbocycles. The van der Waals surface area contributed by atoms with Gasteiger partial charge in [0, 0.05) is 5.56 Å². The number of benzene rings is 2. The highest BCUT2D eigenvalue weighted by Gasteiger charge is 2.16. The Kier molecular flexibility index (Phi) is 2.31. The number of nitrogens with zero attached hydrogens (tertiary/aromatic N) is 1. The van der Waals surface area contributed by atoms with Crippen LogP contribution in [0.2, 0.25) is 0 Å². The lowest BCUT2D eigenvalue weighted by atomic mass is 10.0. The topological polar surface area (TPSA) is 33.0 Å². The number of nitriles is 1. The molecule has 2 nitrogen and oxygen atoms in total. The lowest BCUT2D eigenvalue weighted by Gasteiger charge is -2.08. The van der Waals surface area contributed by atoms with Crippen molar-refractivity contribution in [2.24, 2.45) is 0 Å². The van der Waals surface area contributed by atoms with Crippen LogP contribution in [0.4, 0.5) is 0 Å². The third-order valence-electron chi connectivity index (χ3n) is 3.09.